The highest BCUT2D eigenvalue weighted by atomic mass is 16.2. The Morgan fingerprint density at radius 1 is 1.31 bits per heavy atom. The Morgan fingerprint density at radius 3 is 2.81 bits per heavy atom. The van der Waals surface area contributed by atoms with Crippen LogP contribution in [-0.4, -0.2) is 36.0 Å². The Bertz CT molecular complexity index is 292. The molecule has 0 aromatic heterocycles. The van der Waals surface area contributed by atoms with E-state index in [9.17, 15) is 4.79 Å². The maximum Gasteiger partial charge on any atom is 0.227 e. The molecule has 0 spiro atoms. The molecule has 3 aliphatic rings. The van der Waals surface area contributed by atoms with Gasteiger partial charge in [0.05, 0.1) is 5.92 Å². The molecule has 1 N–H and O–H groups in total. The number of likely N-dealkylation sites (tertiary alicyclic amines) is 1. The van der Waals surface area contributed by atoms with E-state index in [-0.39, 0.29) is 0 Å². The molecule has 3 heterocycles. The second kappa shape index (κ2) is 4.02. The molecule has 4 atom stereocenters. The zero-order valence-electron chi connectivity index (χ0n) is 10.1. The number of carbonyl (C=O) groups excluding carboxylic acids is 1. The molecule has 2 bridgehead atoms. The zero-order chi connectivity index (χ0) is 11.1. The molecule has 3 aliphatic heterocycles. The topological polar surface area (TPSA) is 32.3 Å². The van der Waals surface area contributed by atoms with E-state index in [1.54, 1.807) is 0 Å². The minimum absolute atomic E-state index is 0.295. The lowest BCUT2D eigenvalue weighted by Crippen LogP contribution is -2.45. The average molecular weight is 222 g/mol. The Labute approximate surface area is 97.6 Å². The molecule has 3 heteroatoms. The Hall–Kier alpha value is -0.570. The summed E-state index contributed by atoms with van der Waals surface area (Å²) >= 11 is 0. The van der Waals surface area contributed by atoms with Gasteiger partial charge in [-0.15, -0.1) is 0 Å². The van der Waals surface area contributed by atoms with Crippen LogP contribution in [0, 0.1) is 11.8 Å². The molecule has 0 aliphatic carbocycles. The molecule has 0 saturated carbocycles. The van der Waals surface area contributed by atoms with Crippen LogP contribution in [0.3, 0.4) is 0 Å². The van der Waals surface area contributed by atoms with Crippen LogP contribution in [0.4, 0.5) is 0 Å². The molecule has 90 valence electrons. The van der Waals surface area contributed by atoms with Crippen LogP contribution in [0.15, 0.2) is 0 Å². The lowest BCUT2D eigenvalue weighted by atomic mass is 9.87. The summed E-state index contributed by atoms with van der Waals surface area (Å²) in [5.74, 6) is 1.43. The van der Waals surface area contributed by atoms with E-state index < -0.39 is 0 Å². The molecule has 3 rings (SSSR count). The number of piperidine rings is 1. The first-order chi connectivity index (χ1) is 7.74. The molecule has 0 radical (unpaired) electrons. The molecular weight excluding hydrogens is 200 g/mol. The highest BCUT2D eigenvalue weighted by Gasteiger charge is 2.44. The van der Waals surface area contributed by atoms with Crippen LogP contribution in [0.25, 0.3) is 0 Å². The van der Waals surface area contributed by atoms with E-state index in [4.69, 9.17) is 0 Å². The lowest BCUT2D eigenvalue weighted by molar-refractivity contribution is -0.137. The quantitative estimate of drug-likeness (QED) is 0.727. The zero-order valence-corrected chi connectivity index (χ0v) is 10.1. The normalized spacial score (nSPS) is 42.7. The van der Waals surface area contributed by atoms with Gasteiger partial charge in [-0.25, -0.2) is 0 Å². The highest BCUT2D eigenvalue weighted by Crippen LogP contribution is 2.35. The van der Waals surface area contributed by atoms with Crippen molar-refractivity contribution in [3.63, 3.8) is 0 Å². The van der Waals surface area contributed by atoms with Crippen molar-refractivity contribution in [2.45, 2.75) is 51.1 Å². The summed E-state index contributed by atoms with van der Waals surface area (Å²) in [4.78, 5) is 14.5. The average Bonchev–Trinajstić information content (AvgIpc) is 2.89. The monoisotopic (exact) mass is 222 g/mol. The number of nitrogens with zero attached hydrogens (tertiary/aromatic N) is 1. The fourth-order valence-electron chi connectivity index (χ4n) is 3.72. The van der Waals surface area contributed by atoms with Gasteiger partial charge in [-0.3, -0.25) is 4.79 Å². The fraction of sp³-hybridized carbons (Fsp3) is 0.923. The van der Waals surface area contributed by atoms with Gasteiger partial charge < -0.3 is 10.2 Å². The summed E-state index contributed by atoms with van der Waals surface area (Å²) in [6.07, 6.45) is 6.07. The largest absolute Gasteiger partial charge is 0.342 e. The van der Waals surface area contributed by atoms with E-state index in [0.717, 1.165) is 19.5 Å². The van der Waals surface area contributed by atoms with Gasteiger partial charge in [0.1, 0.15) is 0 Å². The number of carbonyl (C=O) groups is 1. The van der Waals surface area contributed by atoms with Crippen LogP contribution < -0.4 is 5.32 Å². The van der Waals surface area contributed by atoms with Gasteiger partial charge in [0, 0.05) is 25.2 Å². The molecule has 0 aromatic carbocycles. The third-order valence-electron chi connectivity index (χ3n) is 4.59. The van der Waals surface area contributed by atoms with Gasteiger partial charge in [-0.05, 0) is 38.0 Å². The summed E-state index contributed by atoms with van der Waals surface area (Å²) in [6, 6.07) is 1.14. The Balaban J connectivity index is 1.64. The van der Waals surface area contributed by atoms with E-state index >= 15 is 0 Å². The van der Waals surface area contributed by atoms with Crippen molar-refractivity contribution >= 4 is 5.91 Å². The summed E-state index contributed by atoms with van der Waals surface area (Å²) < 4.78 is 0. The van der Waals surface area contributed by atoms with Gasteiger partial charge in [-0.2, -0.15) is 0 Å². The van der Waals surface area contributed by atoms with E-state index in [2.05, 4.69) is 17.1 Å². The minimum atomic E-state index is 0.295. The van der Waals surface area contributed by atoms with Gasteiger partial charge in [-0.1, -0.05) is 6.92 Å². The second-order valence-corrected chi connectivity index (χ2v) is 5.92. The molecule has 16 heavy (non-hydrogen) atoms. The van der Waals surface area contributed by atoms with Gasteiger partial charge in [0.2, 0.25) is 5.91 Å². The second-order valence-electron chi connectivity index (χ2n) is 5.92. The van der Waals surface area contributed by atoms with Gasteiger partial charge in [0.15, 0.2) is 0 Å². The number of hydrogen-bond donors (Lipinski definition) is 1. The third-order valence-corrected chi connectivity index (χ3v) is 4.59. The molecule has 0 aromatic rings. The summed E-state index contributed by atoms with van der Waals surface area (Å²) in [6.45, 7) is 4.25. The van der Waals surface area contributed by atoms with Gasteiger partial charge in [0.25, 0.3) is 0 Å². The molecule has 3 nitrogen and oxygen atoms in total. The molecule has 3 saturated heterocycles. The van der Waals surface area contributed by atoms with Crippen LogP contribution >= 0.6 is 0 Å². The number of fused-ring (bicyclic) bond motifs is 2. The van der Waals surface area contributed by atoms with Crippen molar-refractivity contribution in [2.24, 2.45) is 11.8 Å². The first kappa shape index (κ1) is 10.6. The third kappa shape index (κ3) is 1.75. The lowest BCUT2D eigenvalue weighted by Gasteiger charge is -2.34. The number of rotatable bonds is 1. The maximum atomic E-state index is 12.4. The van der Waals surface area contributed by atoms with Crippen molar-refractivity contribution in [1.82, 2.24) is 10.2 Å². The van der Waals surface area contributed by atoms with Crippen molar-refractivity contribution in [3.05, 3.63) is 0 Å². The summed E-state index contributed by atoms with van der Waals surface area (Å²) in [5, 5.41) is 3.56. The van der Waals surface area contributed by atoms with E-state index in [1.165, 1.54) is 25.7 Å². The predicted molar refractivity (Wildman–Crippen MR) is 63.0 cm³/mol. The Morgan fingerprint density at radius 2 is 2.19 bits per heavy atom. The van der Waals surface area contributed by atoms with E-state index in [0.29, 0.717) is 29.8 Å². The standard InChI is InChI=1S/C13H22N2O/c1-9-3-2-6-15(8-9)13(16)11-7-10-4-5-12(11)14-10/h9-12,14H,2-8H2,1H3. The van der Waals surface area contributed by atoms with Gasteiger partial charge >= 0.3 is 0 Å². The van der Waals surface area contributed by atoms with E-state index in [1.807, 2.05) is 0 Å². The molecule has 1 amide bonds. The summed E-state index contributed by atoms with van der Waals surface area (Å²) in [7, 11) is 0. The van der Waals surface area contributed by atoms with Crippen molar-refractivity contribution in [3.8, 4) is 0 Å². The molecular formula is C13H22N2O. The van der Waals surface area contributed by atoms with Crippen molar-refractivity contribution in [2.75, 3.05) is 13.1 Å². The van der Waals surface area contributed by atoms with Crippen molar-refractivity contribution in [1.29, 1.82) is 0 Å². The molecule has 4 unspecified atom stereocenters. The Kier molecular flexibility index (Phi) is 2.66. The molecule has 3 fully saturated rings. The SMILES string of the molecule is CC1CCCN(C(=O)C2CC3CCC2N3)C1. The highest BCUT2D eigenvalue weighted by molar-refractivity contribution is 5.80. The number of amides is 1. The van der Waals surface area contributed by atoms with Crippen LogP contribution in [0.5, 0.6) is 0 Å². The first-order valence-electron chi connectivity index (χ1n) is 6.79. The summed E-state index contributed by atoms with van der Waals surface area (Å²) in [5.41, 5.74) is 0. The number of hydrogen-bond acceptors (Lipinski definition) is 2. The van der Waals surface area contributed by atoms with Crippen LogP contribution in [0.2, 0.25) is 0 Å². The fourth-order valence-corrected chi connectivity index (χ4v) is 3.72. The predicted octanol–water partition coefficient (Wildman–Crippen LogP) is 1.39. The first-order valence-corrected chi connectivity index (χ1v) is 6.79. The number of nitrogens with one attached hydrogen (secondary N) is 1. The maximum absolute atomic E-state index is 12.4. The smallest absolute Gasteiger partial charge is 0.227 e. The minimum Gasteiger partial charge on any atom is -0.342 e. The van der Waals surface area contributed by atoms with Crippen LogP contribution in [-0.2, 0) is 4.79 Å². The van der Waals surface area contributed by atoms with Crippen molar-refractivity contribution < 1.29 is 4.79 Å². The van der Waals surface area contributed by atoms with Crippen LogP contribution in [0.1, 0.15) is 39.0 Å².